The number of amides is 1. The fraction of sp³-hybridized carbons (Fsp3) is 0.273. The van der Waals surface area contributed by atoms with Crippen molar-refractivity contribution in [3.05, 3.63) is 65.5 Å². The maximum atomic E-state index is 12.7. The zero-order valence-electron chi connectivity index (χ0n) is 15.7. The van der Waals surface area contributed by atoms with Crippen molar-refractivity contribution in [1.82, 2.24) is 4.90 Å². The molecule has 1 fully saturated rings. The van der Waals surface area contributed by atoms with Crippen LogP contribution >= 0.6 is 11.3 Å². The predicted octanol–water partition coefficient (Wildman–Crippen LogP) is 3.80. The number of rotatable bonds is 4. The number of ether oxygens (including phenoxy) is 1. The summed E-state index contributed by atoms with van der Waals surface area (Å²) in [5, 5.41) is 1.01. The molecule has 1 aliphatic heterocycles. The van der Waals surface area contributed by atoms with Gasteiger partial charge in [-0.15, -0.1) is 11.3 Å². The summed E-state index contributed by atoms with van der Waals surface area (Å²) in [6.45, 7) is 4.44. The number of carbonyl (C=O) groups excluding carboxylic acids is 2. The van der Waals surface area contributed by atoms with E-state index in [9.17, 15) is 9.59 Å². The highest BCUT2D eigenvalue weighted by Crippen LogP contribution is 2.26. The minimum Gasteiger partial charge on any atom is -0.448 e. The summed E-state index contributed by atoms with van der Waals surface area (Å²) >= 11 is 1.39. The van der Waals surface area contributed by atoms with Gasteiger partial charge in [0.05, 0.1) is 0 Å². The first-order valence-electron chi connectivity index (χ1n) is 9.40. The van der Waals surface area contributed by atoms with Crippen molar-refractivity contribution in [2.24, 2.45) is 0 Å². The van der Waals surface area contributed by atoms with E-state index in [0.29, 0.717) is 18.0 Å². The van der Waals surface area contributed by atoms with Crippen molar-refractivity contribution in [3.8, 4) is 0 Å². The van der Waals surface area contributed by atoms with Crippen LogP contribution in [0.4, 0.5) is 5.69 Å². The van der Waals surface area contributed by atoms with Crippen LogP contribution in [0.3, 0.4) is 0 Å². The molecule has 1 amide bonds. The fourth-order valence-electron chi connectivity index (χ4n) is 3.43. The Hall–Kier alpha value is -2.86. The third-order valence-corrected chi connectivity index (χ3v) is 6.07. The van der Waals surface area contributed by atoms with Crippen molar-refractivity contribution in [2.75, 3.05) is 31.1 Å². The predicted molar refractivity (Wildman–Crippen MR) is 112 cm³/mol. The molecule has 144 valence electrons. The van der Waals surface area contributed by atoms with Gasteiger partial charge < -0.3 is 14.5 Å². The molecule has 1 unspecified atom stereocenters. The maximum Gasteiger partial charge on any atom is 0.349 e. The van der Waals surface area contributed by atoms with Gasteiger partial charge in [-0.2, -0.15) is 0 Å². The molecule has 1 aromatic heterocycles. The molecule has 28 heavy (non-hydrogen) atoms. The van der Waals surface area contributed by atoms with Crippen LogP contribution in [0.15, 0.2) is 60.7 Å². The molecule has 6 heteroatoms. The van der Waals surface area contributed by atoms with Gasteiger partial charge in [0.1, 0.15) is 4.88 Å². The van der Waals surface area contributed by atoms with E-state index >= 15 is 0 Å². The molecule has 3 aromatic rings. The van der Waals surface area contributed by atoms with Crippen LogP contribution in [0.5, 0.6) is 0 Å². The standard InChI is InChI=1S/C22H22N2O3S/c1-16(27-22(26)20-15-17-7-5-6-10-19(17)28-20)21(25)24-13-11-23(12-14-24)18-8-3-2-4-9-18/h2-10,15-16H,11-14H2,1H3. The number of esters is 1. The quantitative estimate of drug-likeness (QED) is 0.632. The summed E-state index contributed by atoms with van der Waals surface area (Å²) in [6.07, 6.45) is -0.791. The highest BCUT2D eigenvalue weighted by molar-refractivity contribution is 7.20. The van der Waals surface area contributed by atoms with Crippen LogP contribution in [0.2, 0.25) is 0 Å². The Bertz CT molecular complexity index is 945. The minimum absolute atomic E-state index is 0.137. The van der Waals surface area contributed by atoms with E-state index in [2.05, 4.69) is 17.0 Å². The Labute approximate surface area is 168 Å². The summed E-state index contributed by atoms with van der Waals surface area (Å²) in [5.74, 6) is -0.577. The zero-order chi connectivity index (χ0) is 19.5. The SMILES string of the molecule is CC(OC(=O)c1cc2ccccc2s1)C(=O)N1CCN(c2ccccc2)CC1. The molecule has 4 rings (SSSR count). The summed E-state index contributed by atoms with van der Waals surface area (Å²) < 4.78 is 6.49. The zero-order valence-corrected chi connectivity index (χ0v) is 16.5. The van der Waals surface area contributed by atoms with E-state index in [1.165, 1.54) is 17.0 Å². The average Bonchev–Trinajstić information content (AvgIpc) is 3.18. The average molecular weight is 394 g/mol. The van der Waals surface area contributed by atoms with Crippen LogP contribution in [0.25, 0.3) is 10.1 Å². The smallest absolute Gasteiger partial charge is 0.349 e. The normalized spacial score (nSPS) is 15.5. The second kappa shape index (κ2) is 8.02. The lowest BCUT2D eigenvalue weighted by molar-refractivity contribution is -0.140. The van der Waals surface area contributed by atoms with Crippen molar-refractivity contribution in [1.29, 1.82) is 0 Å². The second-order valence-electron chi connectivity index (χ2n) is 6.84. The Morgan fingerprint density at radius 2 is 1.64 bits per heavy atom. The van der Waals surface area contributed by atoms with Crippen LogP contribution < -0.4 is 4.90 Å². The van der Waals surface area contributed by atoms with Gasteiger partial charge in [-0.05, 0) is 36.6 Å². The minimum atomic E-state index is -0.791. The first-order valence-corrected chi connectivity index (χ1v) is 10.2. The molecular weight excluding hydrogens is 372 g/mol. The lowest BCUT2D eigenvalue weighted by atomic mass is 10.2. The molecule has 0 aliphatic carbocycles. The van der Waals surface area contributed by atoms with E-state index in [1.807, 2.05) is 48.5 Å². The van der Waals surface area contributed by atoms with Gasteiger partial charge in [-0.3, -0.25) is 4.79 Å². The van der Waals surface area contributed by atoms with Gasteiger partial charge in [0.25, 0.3) is 5.91 Å². The molecule has 1 atom stereocenters. The third-order valence-electron chi connectivity index (χ3n) is 4.97. The molecule has 2 aromatic carbocycles. The lowest BCUT2D eigenvalue weighted by Gasteiger charge is -2.37. The Morgan fingerprint density at radius 3 is 2.36 bits per heavy atom. The molecule has 1 saturated heterocycles. The molecule has 0 spiro atoms. The third kappa shape index (κ3) is 3.87. The first kappa shape index (κ1) is 18.5. The molecule has 0 bridgehead atoms. The number of hydrogen-bond acceptors (Lipinski definition) is 5. The highest BCUT2D eigenvalue weighted by Gasteiger charge is 2.28. The number of para-hydroxylation sites is 1. The molecule has 1 aliphatic rings. The molecule has 2 heterocycles. The van der Waals surface area contributed by atoms with Gasteiger partial charge in [0.15, 0.2) is 6.10 Å². The lowest BCUT2D eigenvalue weighted by Crippen LogP contribution is -2.51. The van der Waals surface area contributed by atoms with E-state index in [0.717, 1.165) is 23.2 Å². The van der Waals surface area contributed by atoms with Gasteiger partial charge in [-0.1, -0.05) is 36.4 Å². The largest absolute Gasteiger partial charge is 0.448 e. The number of piperazine rings is 1. The Balaban J connectivity index is 1.34. The van der Waals surface area contributed by atoms with Gasteiger partial charge in [-0.25, -0.2) is 4.79 Å². The van der Waals surface area contributed by atoms with Gasteiger partial charge in [0.2, 0.25) is 0 Å². The number of hydrogen-bond donors (Lipinski definition) is 0. The summed E-state index contributed by atoms with van der Waals surface area (Å²) in [7, 11) is 0. The van der Waals surface area contributed by atoms with Gasteiger partial charge in [0, 0.05) is 36.6 Å². The van der Waals surface area contributed by atoms with Crippen LogP contribution in [-0.4, -0.2) is 49.1 Å². The number of benzene rings is 2. The first-order chi connectivity index (χ1) is 13.6. The van der Waals surface area contributed by atoms with E-state index in [4.69, 9.17) is 4.74 Å². The fourth-order valence-corrected chi connectivity index (χ4v) is 4.38. The molecule has 0 radical (unpaired) electrons. The maximum absolute atomic E-state index is 12.7. The molecular formula is C22H22N2O3S. The molecule has 0 saturated carbocycles. The van der Waals surface area contributed by atoms with Crippen molar-refractivity contribution >= 4 is 39.0 Å². The number of anilines is 1. The van der Waals surface area contributed by atoms with E-state index < -0.39 is 12.1 Å². The van der Waals surface area contributed by atoms with Crippen LogP contribution in [0, 0.1) is 0 Å². The monoisotopic (exact) mass is 394 g/mol. The van der Waals surface area contributed by atoms with Crippen molar-refractivity contribution in [2.45, 2.75) is 13.0 Å². The van der Waals surface area contributed by atoms with Gasteiger partial charge >= 0.3 is 5.97 Å². The molecule has 0 N–H and O–H groups in total. The summed E-state index contributed by atoms with van der Waals surface area (Å²) in [6, 6.07) is 19.8. The van der Waals surface area contributed by atoms with E-state index in [1.54, 1.807) is 11.8 Å². The second-order valence-corrected chi connectivity index (χ2v) is 7.93. The number of nitrogens with zero attached hydrogens (tertiary/aromatic N) is 2. The van der Waals surface area contributed by atoms with E-state index in [-0.39, 0.29) is 5.91 Å². The highest BCUT2D eigenvalue weighted by atomic mass is 32.1. The topological polar surface area (TPSA) is 49.9 Å². The summed E-state index contributed by atoms with van der Waals surface area (Å²) in [5.41, 5.74) is 1.17. The number of carbonyl (C=O) groups is 2. The van der Waals surface area contributed by atoms with Crippen molar-refractivity contribution in [3.63, 3.8) is 0 Å². The number of thiophene rings is 1. The van der Waals surface area contributed by atoms with Crippen LogP contribution in [0.1, 0.15) is 16.6 Å². The van der Waals surface area contributed by atoms with Crippen molar-refractivity contribution < 1.29 is 14.3 Å². The Morgan fingerprint density at radius 1 is 0.964 bits per heavy atom. The van der Waals surface area contributed by atoms with Crippen LogP contribution in [-0.2, 0) is 9.53 Å². The number of fused-ring (bicyclic) bond motifs is 1. The Kier molecular flexibility index (Phi) is 5.30. The molecule has 5 nitrogen and oxygen atoms in total. The summed E-state index contributed by atoms with van der Waals surface area (Å²) in [4.78, 5) is 29.7.